The SMILES string of the molecule is CCOC(=O)C(C=C(CBr)CC(C)OC(C)=O)NC=O. The standard InChI is InChI=1S/C13H20BrNO5/c1-4-19-13(18)12(15-8-16)6-11(7-14)5-9(2)20-10(3)17/h6,8-9,12H,4-5,7H2,1-3H3,(H,15,16). The van der Waals surface area contributed by atoms with E-state index in [4.69, 9.17) is 9.47 Å². The first-order chi connectivity index (χ1) is 9.44. The molecule has 2 unspecified atom stereocenters. The molecule has 1 amide bonds. The van der Waals surface area contributed by atoms with Gasteiger partial charge in [0.25, 0.3) is 0 Å². The second-order valence-corrected chi connectivity index (χ2v) is 4.66. The van der Waals surface area contributed by atoms with Crippen LogP contribution in [0.1, 0.15) is 27.2 Å². The summed E-state index contributed by atoms with van der Waals surface area (Å²) in [6.45, 7) is 5.01. The van der Waals surface area contributed by atoms with Gasteiger partial charge in [-0.25, -0.2) is 4.79 Å². The van der Waals surface area contributed by atoms with E-state index >= 15 is 0 Å². The van der Waals surface area contributed by atoms with E-state index < -0.39 is 12.0 Å². The van der Waals surface area contributed by atoms with E-state index in [1.165, 1.54) is 6.92 Å². The van der Waals surface area contributed by atoms with Crippen molar-refractivity contribution in [3.8, 4) is 0 Å². The molecular formula is C13H20BrNO5. The molecule has 0 aromatic rings. The number of nitrogens with one attached hydrogen (secondary N) is 1. The lowest BCUT2D eigenvalue weighted by Gasteiger charge is -2.16. The minimum atomic E-state index is -0.843. The van der Waals surface area contributed by atoms with Crippen molar-refractivity contribution in [2.45, 2.75) is 39.3 Å². The Labute approximate surface area is 127 Å². The maximum Gasteiger partial charge on any atom is 0.332 e. The smallest absolute Gasteiger partial charge is 0.332 e. The minimum absolute atomic E-state index is 0.233. The van der Waals surface area contributed by atoms with Crippen molar-refractivity contribution in [1.29, 1.82) is 0 Å². The molecular weight excluding hydrogens is 330 g/mol. The average molecular weight is 350 g/mol. The van der Waals surface area contributed by atoms with Gasteiger partial charge in [-0.1, -0.05) is 27.6 Å². The lowest BCUT2D eigenvalue weighted by atomic mass is 10.1. The van der Waals surface area contributed by atoms with E-state index in [-0.39, 0.29) is 18.7 Å². The molecule has 20 heavy (non-hydrogen) atoms. The molecule has 0 saturated heterocycles. The number of amides is 1. The molecule has 0 aliphatic carbocycles. The topological polar surface area (TPSA) is 81.7 Å². The first kappa shape index (κ1) is 18.6. The summed E-state index contributed by atoms with van der Waals surface area (Å²) >= 11 is 3.30. The van der Waals surface area contributed by atoms with Crippen LogP contribution in [0.25, 0.3) is 0 Å². The Morgan fingerprint density at radius 3 is 2.50 bits per heavy atom. The molecule has 2 atom stereocenters. The van der Waals surface area contributed by atoms with Crippen molar-refractivity contribution < 1.29 is 23.9 Å². The van der Waals surface area contributed by atoms with Crippen molar-refractivity contribution >= 4 is 34.3 Å². The summed E-state index contributed by atoms with van der Waals surface area (Å²) in [5, 5.41) is 2.88. The van der Waals surface area contributed by atoms with Crippen LogP contribution in [0.15, 0.2) is 11.6 Å². The van der Waals surface area contributed by atoms with Gasteiger partial charge in [0.15, 0.2) is 0 Å². The van der Waals surface area contributed by atoms with Gasteiger partial charge in [0.1, 0.15) is 12.1 Å². The molecule has 0 bridgehead atoms. The van der Waals surface area contributed by atoms with Gasteiger partial charge in [0.05, 0.1) is 6.61 Å². The highest BCUT2D eigenvalue weighted by Gasteiger charge is 2.18. The number of halogens is 1. The fraction of sp³-hybridized carbons (Fsp3) is 0.615. The molecule has 114 valence electrons. The largest absolute Gasteiger partial charge is 0.464 e. The second-order valence-electron chi connectivity index (χ2n) is 4.10. The maximum absolute atomic E-state index is 11.7. The Morgan fingerprint density at radius 2 is 2.05 bits per heavy atom. The molecule has 0 saturated carbocycles. The molecule has 0 aliphatic rings. The normalized spacial score (nSPS) is 14.1. The summed E-state index contributed by atoms with van der Waals surface area (Å²) in [6, 6.07) is -0.843. The number of carbonyl (C=O) groups excluding carboxylic acids is 3. The fourth-order valence-corrected chi connectivity index (χ4v) is 2.00. The molecule has 1 N–H and O–H groups in total. The molecule has 0 heterocycles. The van der Waals surface area contributed by atoms with E-state index in [9.17, 15) is 14.4 Å². The van der Waals surface area contributed by atoms with Gasteiger partial charge in [-0.3, -0.25) is 9.59 Å². The van der Waals surface area contributed by atoms with Crippen LogP contribution in [-0.4, -0.2) is 42.4 Å². The molecule has 0 aliphatic heterocycles. The third-order valence-corrected chi connectivity index (χ3v) is 3.00. The van der Waals surface area contributed by atoms with Gasteiger partial charge in [-0.15, -0.1) is 0 Å². The van der Waals surface area contributed by atoms with Crippen LogP contribution in [-0.2, 0) is 23.9 Å². The Kier molecular flexibility index (Phi) is 9.71. The first-order valence-corrected chi connectivity index (χ1v) is 7.35. The lowest BCUT2D eigenvalue weighted by Crippen LogP contribution is -2.36. The van der Waals surface area contributed by atoms with Crippen LogP contribution in [0.2, 0.25) is 0 Å². The first-order valence-electron chi connectivity index (χ1n) is 6.23. The van der Waals surface area contributed by atoms with Crippen LogP contribution in [0.3, 0.4) is 0 Å². The van der Waals surface area contributed by atoms with E-state index in [0.29, 0.717) is 18.2 Å². The van der Waals surface area contributed by atoms with Crippen LogP contribution in [0.5, 0.6) is 0 Å². The Bertz CT molecular complexity index is 370. The Hall–Kier alpha value is -1.37. The quantitative estimate of drug-likeness (QED) is 0.294. The Morgan fingerprint density at radius 1 is 1.40 bits per heavy atom. The summed E-state index contributed by atoms with van der Waals surface area (Å²) in [5.41, 5.74) is 0.825. The number of carbonyl (C=O) groups is 3. The number of alkyl halides is 1. The van der Waals surface area contributed by atoms with E-state index in [2.05, 4.69) is 21.2 Å². The van der Waals surface area contributed by atoms with Crippen molar-refractivity contribution in [1.82, 2.24) is 5.32 Å². The summed E-state index contributed by atoms with van der Waals surface area (Å²) in [7, 11) is 0. The van der Waals surface area contributed by atoms with Crippen LogP contribution in [0.4, 0.5) is 0 Å². The van der Waals surface area contributed by atoms with Gasteiger partial charge in [-0.2, -0.15) is 0 Å². The van der Waals surface area contributed by atoms with Gasteiger partial charge >= 0.3 is 11.9 Å². The molecule has 7 heteroatoms. The molecule has 0 aromatic heterocycles. The van der Waals surface area contributed by atoms with Gasteiger partial charge in [0, 0.05) is 18.7 Å². The van der Waals surface area contributed by atoms with E-state index in [1.807, 2.05) is 0 Å². The maximum atomic E-state index is 11.7. The zero-order valence-corrected chi connectivity index (χ0v) is 13.4. The highest BCUT2D eigenvalue weighted by atomic mass is 79.9. The number of ether oxygens (including phenoxy) is 2. The predicted molar refractivity (Wildman–Crippen MR) is 77.3 cm³/mol. The molecule has 0 aromatic carbocycles. The second kappa shape index (κ2) is 10.4. The summed E-state index contributed by atoms with van der Waals surface area (Å²) in [4.78, 5) is 33.0. The Balaban J connectivity index is 4.81. The van der Waals surface area contributed by atoms with Crippen LogP contribution >= 0.6 is 15.9 Å². The molecule has 0 fully saturated rings. The average Bonchev–Trinajstić information content (AvgIpc) is 2.36. The monoisotopic (exact) mass is 349 g/mol. The number of hydrogen-bond donors (Lipinski definition) is 1. The van der Waals surface area contributed by atoms with Crippen molar-refractivity contribution in [3.63, 3.8) is 0 Å². The third-order valence-electron chi connectivity index (χ3n) is 2.28. The summed E-state index contributed by atoms with van der Waals surface area (Å²) in [6.07, 6.45) is 2.19. The fourth-order valence-electron chi connectivity index (χ4n) is 1.59. The van der Waals surface area contributed by atoms with Crippen LogP contribution < -0.4 is 5.32 Å². The highest BCUT2D eigenvalue weighted by molar-refractivity contribution is 9.09. The van der Waals surface area contributed by atoms with Crippen molar-refractivity contribution in [2.24, 2.45) is 0 Å². The molecule has 6 nitrogen and oxygen atoms in total. The third kappa shape index (κ3) is 7.93. The summed E-state index contributed by atoms with van der Waals surface area (Å²) < 4.78 is 9.89. The van der Waals surface area contributed by atoms with Crippen molar-refractivity contribution in [3.05, 3.63) is 11.6 Å². The van der Waals surface area contributed by atoms with Crippen LogP contribution in [0, 0.1) is 0 Å². The van der Waals surface area contributed by atoms with Gasteiger partial charge < -0.3 is 14.8 Å². The predicted octanol–water partition coefficient (Wildman–Crippen LogP) is 1.33. The van der Waals surface area contributed by atoms with Gasteiger partial charge in [0.2, 0.25) is 6.41 Å². The zero-order valence-electron chi connectivity index (χ0n) is 11.8. The molecule has 0 rings (SSSR count). The molecule has 0 radical (unpaired) electrons. The van der Waals surface area contributed by atoms with E-state index in [0.717, 1.165) is 5.57 Å². The molecule has 0 spiro atoms. The highest BCUT2D eigenvalue weighted by Crippen LogP contribution is 2.13. The minimum Gasteiger partial charge on any atom is -0.464 e. The van der Waals surface area contributed by atoms with Gasteiger partial charge in [-0.05, 0) is 13.8 Å². The van der Waals surface area contributed by atoms with E-state index in [1.54, 1.807) is 19.9 Å². The zero-order chi connectivity index (χ0) is 15.5. The number of esters is 2. The number of rotatable bonds is 9. The lowest BCUT2D eigenvalue weighted by molar-refractivity contribution is -0.146. The summed E-state index contributed by atoms with van der Waals surface area (Å²) in [5.74, 6) is -0.891. The number of hydrogen-bond acceptors (Lipinski definition) is 5. The van der Waals surface area contributed by atoms with Crippen molar-refractivity contribution in [2.75, 3.05) is 11.9 Å².